The number of para-hydroxylation sites is 2. The van der Waals surface area contributed by atoms with E-state index in [0.717, 1.165) is 48.6 Å². The summed E-state index contributed by atoms with van der Waals surface area (Å²) in [6, 6.07) is 16.1. The first-order valence-electron chi connectivity index (χ1n) is 14.4. The maximum atomic E-state index is 13.4. The first-order chi connectivity index (χ1) is 19.4. The molecular weight excluding hydrogens is 506 g/mol. The number of carbonyl (C=O) groups excluding carboxylic acids is 3. The maximum absolute atomic E-state index is 13.4. The zero-order valence-electron chi connectivity index (χ0n) is 23.9. The Morgan fingerprint density at radius 3 is 2.33 bits per heavy atom. The molecule has 0 aliphatic carbocycles. The van der Waals surface area contributed by atoms with Gasteiger partial charge in [0.1, 0.15) is 5.75 Å². The number of rotatable bonds is 7. The normalized spacial score (nSPS) is 18.1. The first-order valence-corrected chi connectivity index (χ1v) is 14.4. The van der Waals surface area contributed by atoms with Gasteiger partial charge in [0.2, 0.25) is 17.7 Å². The van der Waals surface area contributed by atoms with Crippen LogP contribution in [0.25, 0.3) is 0 Å². The highest BCUT2D eigenvalue weighted by Gasteiger charge is 2.28. The molecule has 2 heterocycles. The molecule has 0 radical (unpaired) electrons. The summed E-state index contributed by atoms with van der Waals surface area (Å²) in [6.07, 6.45) is 2.06. The number of likely N-dealkylation sites (tertiary alicyclic amines) is 1. The highest BCUT2D eigenvalue weighted by atomic mass is 16.5. The standard InChI is InChI=1S/C31H43N5O4/c1-3-40-29-12-7-5-10-27(29)22-33-15-8-16-36(24(2)37)28-11-6-4-9-26(28)21-34(20-19-33)23-30(38)35-17-13-25(14-18-35)31(32)39/h4-7,9-12,25H,3,8,13-23H2,1-2H3,(H2,32,39). The Kier molecular flexibility index (Phi) is 10.5. The van der Waals surface area contributed by atoms with Gasteiger partial charge in [-0.1, -0.05) is 36.4 Å². The van der Waals surface area contributed by atoms with Crippen molar-refractivity contribution in [3.05, 3.63) is 59.7 Å². The van der Waals surface area contributed by atoms with E-state index in [1.54, 1.807) is 6.92 Å². The summed E-state index contributed by atoms with van der Waals surface area (Å²) in [4.78, 5) is 46.0. The molecule has 216 valence electrons. The third-order valence-electron chi connectivity index (χ3n) is 7.92. The van der Waals surface area contributed by atoms with Crippen LogP contribution in [0.2, 0.25) is 0 Å². The number of hydrogen-bond donors (Lipinski definition) is 1. The molecule has 2 aromatic carbocycles. The summed E-state index contributed by atoms with van der Waals surface area (Å²) in [5.74, 6) is 0.534. The number of benzene rings is 2. The van der Waals surface area contributed by atoms with E-state index in [-0.39, 0.29) is 30.2 Å². The van der Waals surface area contributed by atoms with Gasteiger partial charge in [-0.05, 0) is 43.9 Å². The second-order valence-electron chi connectivity index (χ2n) is 10.7. The van der Waals surface area contributed by atoms with Crippen molar-refractivity contribution in [2.75, 3.05) is 57.3 Å². The molecule has 2 aromatic rings. The molecule has 9 heteroatoms. The molecule has 9 nitrogen and oxygen atoms in total. The van der Waals surface area contributed by atoms with Crippen LogP contribution in [0.3, 0.4) is 0 Å². The maximum Gasteiger partial charge on any atom is 0.236 e. The van der Waals surface area contributed by atoms with Crippen molar-refractivity contribution in [3.8, 4) is 5.75 Å². The predicted octanol–water partition coefficient (Wildman–Crippen LogP) is 2.87. The summed E-state index contributed by atoms with van der Waals surface area (Å²) in [7, 11) is 0. The smallest absolute Gasteiger partial charge is 0.236 e. The van der Waals surface area contributed by atoms with Crippen molar-refractivity contribution >= 4 is 23.4 Å². The fourth-order valence-corrected chi connectivity index (χ4v) is 5.69. The van der Waals surface area contributed by atoms with Crippen LogP contribution in [0.5, 0.6) is 5.75 Å². The van der Waals surface area contributed by atoms with Crippen molar-refractivity contribution in [1.29, 1.82) is 0 Å². The van der Waals surface area contributed by atoms with Gasteiger partial charge in [-0.15, -0.1) is 0 Å². The summed E-state index contributed by atoms with van der Waals surface area (Å²) in [6.45, 7) is 9.80. The van der Waals surface area contributed by atoms with E-state index in [0.29, 0.717) is 52.2 Å². The second-order valence-corrected chi connectivity index (χ2v) is 10.7. The van der Waals surface area contributed by atoms with Crippen molar-refractivity contribution in [2.24, 2.45) is 11.7 Å². The number of amides is 3. The van der Waals surface area contributed by atoms with E-state index < -0.39 is 0 Å². The molecule has 0 spiro atoms. The summed E-state index contributed by atoms with van der Waals surface area (Å²) < 4.78 is 5.88. The Bertz CT molecular complexity index is 1160. The average Bonchev–Trinajstić information content (AvgIpc) is 2.98. The Morgan fingerprint density at radius 2 is 1.60 bits per heavy atom. The van der Waals surface area contributed by atoms with E-state index in [9.17, 15) is 14.4 Å². The van der Waals surface area contributed by atoms with Gasteiger partial charge in [-0.3, -0.25) is 24.2 Å². The molecular formula is C31H43N5O4. The molecule has 40 heavy (non-hydrogen) atoms. The van der Waals surface area contributed by atoms with Crippen LogP contribution in [0.1, 0.15) is 44.2 Å². The van der Waals surface area contributed by atoms with Gasteiger partial charge in [-0.2, -0.15) is 0 Å². The fraction of sp³-hybridized carbons (Fsp3) is 0.516. The molecule has 1 fully saturated rings. The minimum atomic E-state index is -0.281. The van der Waals surface area contributed by atoms with Crippen molar-refractivity contribution in [2.45, 2.75) is 46.2 Å². The lowest BCUT2D eigenvalue weighted by atomic mass is 9.96. The van der Waals surface area contributed by atoms with Crippen LogP contribution in [0, 0.1) is 5.92 Å². The molecule has 4 rings (SSSR count). The largest absolute Gasteiger partial charge is 0.494 e. The molecule has 3 amide bonds. The highest BCUT2D eigenvalue weighted by Crippen LogP contribution is 2.25. The molecule has 0 bridgehead atoms. The van der Waals surface area contributed by atoms with Crippen LogP contribution >= 0.6 is 0 Å². The van der Waals surface area contributed by atoms with Crippen molar-refractivity contribution in [3.63, 3.8) is 0 Å². The minimum Gasteiger partial charge on any atom is -0.494 e. The number of ether oxygens (including phenoxy) is 1. The Hall–Kier alpha value is -3.43. The number of primary amides is 1. The highest BCUT2D eigenvalue weighted by molar-refractivity contribution is 5.92. The number of nitrogens with zero attached hydrogens (tertiary/aromatic N) is 4. The fourth-order valence-electron chi connectivity index (χ4n) is 5.69. The van der Waals surface area contributed by atoms with Gasteiger partial charge < -0.3 is 20.3 Å². The summed E-state index contributed by atoms with van der Waals surface area (Å²) >= 11 is 0. The number of nitrogens with two attached hydrogens (primary N) is 1. The predicted molar refractivity (Wildman–Crippen MR) is 156 cm³/mol. The minimum absolute atomic E-state index is 0.0138. The lowest BCUT2D eigenvalue weighted by molar-refractivity contribution is -0.136. The Labute approximate surface area is 237 Å². The average molecular weight is 550 g/mol. The Morgan fingerprint density at radius 1 is 0.900 bits per heavy atom. The molecule has 1 saturated heterocycles. The first kappa shape index (κ1) is 29.6. The molecule has 0 unspecified atom stereocenters. The van der Waals surface area contributed by atoms with Gasteiger partial charge in [-0.25, -0.2) is 0 Å². The second kappa shape index (κ2) is 14.3. The SMILES string of the molecule is CCOc1ccccc1CN1CCCN(C(C)=O)c2ccccc2CN(CC(=O)N2CCC(C(N)=O)CC2)CC1. The van der Waals surface area contributed by atoms with Crippen LogP contribution in [-0.4, -0.2) is 84.8 Å². The van der Waals surface area contributed by atoms with Gasteiger partial charge >= 0.3 is 0 Å². The van der Waals surface area contributed by atoms with Gasteiger partial charge in [0.25, 0.3) is 0 Å². The van der Waals surface area contributed by atoms with E-state index in [4.69, 9.17) is 10.5 Å². The number of anilines is 1. The van der Waals surface area contributed by atoms with E-state index in [2.05, 4.69) is 21.9 Å². The quantitative estimate of drug-likeness (QED) is 0.570. The molecule has 2 aliphatic rings. The van der Waals surface area contributed by atoms with Crippen LogP contribution < -0.4 is 15.4 Å². The van der Waals surface area contributed by atoms with Crippen LogP contribution in [0.15, 0.2) is 48.5 Å². The molecule has 0 aromatic heterocycles. The van der Waals surface area contributed by atoms with E-state index in [1.165, 1.54) is 0 Å². The number of fused-ring (bicyclic) bond motifs is 1. The lowest BCUT2D eigenvalue weighted by Gasteiger charge is -2.33. The summed E-state index contributed by atoms with van der Waals surface area (Å²) in [5.41, 5.74) is 8.56. The van der Waals surface area contributed by atoms with Crippen LogP contribution in [-0.2, 0) is 27.5 Å². The van der Waals surface area contributed by atoms with Crippen molar-refractivity contribution in [1.82, 2.24) is 14.7 Å². The topological polar surface area (TPSA) is 99.4 Å². The van der Waals surface area contributed by atoms with E-state index >= 15 is 0 Å². The third kappa shape index (κ3) is 7.82. The van der Waals surface area contributed by atoms with Gasteiger partial charge in [0, 0.05) is 76.5 Å². The third-order valence-corrected chi connectivity index (χ3v) is 7.92. The monoisotopic (exact) mass is 549 g/mol. The molecule has 2 N–H and O–H groups in total. The number of carbonyl (C=O) groups is 3. The summed E-state index contributed by atoms with van der Waals surface area (Å²) in [5, 5.41) is 0. The molecule has 0 atom stereocenters. The number of piperidine rings is 1. The van der Waals surface area contributed by atoms with E-state index in [1.807, 2.05) is 53.1 Å². The van der Waals surface area contributed by atoms with Gasteiger partial charge in [0.05, 0.1) is 13.2 Å². The van der Waals surface area contributed by atoms with Crippen LogP contribution in [0.4, 0.5) is 5.69 Å². The Balaban J connectivity index is 1.55. The molecule has 0 saturated carbocycles. The zero-order chi connectivity index (χ0) is 28.5. The number of hydrogen-bond acceptors (Lipinski definition) is 6. The van der Waals surface area contributed by atoms with Gasteiger partial charge in [0.15, 0.2) is 0 Å². The van der Waals surface area contributed by atoms with Crippen molar-refractivity contribution < 1.29 is 19.1 Å². The lowest BCUT2D eigenvalue weighted by Crippen LogP contribution is -2.46. The molecule has 2 aliphatic heterocycles. The zero-order valence-corrected chi connectivity index (χ0v) is 23.9.